The van der Waals surface area contributed by atoms with Crippen LogP contribution >= 0.6 is 0 Å². The highest BCUT2D eigenvalue weighted by Gasteiger charge is 2.25. The molecule has 0 atom stereocenters. The number of amidine groups is 1. The molecule has 0 rings (SSSR count). The second kappa shape index (κ2) is 5.83. The first-order chi connectivity index (χ1) is 5.95. The zero-order chi connectivity index (χ0) is 10.3. The van der Waals surface area contributed by atoms with Crippen molar-refractivity contribution in [1.29, 1.82) is 0 Å². The average molecular weight is 196 g/mol. The summed E-state index contributed by atoms with van der Waals surface area (Å²) in [6, 6.07) is 0. The Morgan fingerprint density at radius 1 is 1.31 bits per heavy atom. The van der Waals surface area contributed by atoms with Crippen molar-refractivity contribution in [3.05, 3.63) is 0 Å². The third-order valence-electron chi connectivity index (χ3n) is 1.55. The number of aliphatic imine (C=N–C) groups is 1. The van der Waals surface area contributed by atoms with Crippen molar-refractivity contribution in [3.63, 3.8) is 0 Å². The molecule has 0 aromatic heterocycles. The van der Waals surface area contributed by atoms with Gasteiger partial charge in [0.1, 0.15) is 0 Å². The first kappa shape index (κ1) is 12.3. The van der Waals surface area contributed by atoms with E-state index in [1.54, 1.807) is 0 Å². The largest absolute Gasteiger partial charge is 0.389 e. The molecule has 0 aliphatic carbocycles. The molecule has 13 heavy (non-hydrogen) atoms. The van der Waals surface area contributed by atoms with Crippen LogP contribution < -0.4 is 5.73 Å². The molecule has 0 saturated carbocycles. The first-order valence-electron chi connectivity index (χ1n) is 4.31. The van der Waals surface area contributed by atoms with E-state index in [0.29, 0.717) is 25.2 Å². The maximum absolute atomic E-state index is 11.6. The van der Waals surface area contributed by atoms with Crippen LogP contribution in [0.5, 0.6) is 0 Å². The fraction of sp³-hybridized carbons (Fsp3) is 0.875. The van der Waals surface area contributed by atoms with E-state index in [-0.39, 0.29) is 6.42 Å². The third-order valence-corrected chi connectivity index (χ3v) is 1.55. The highest BCUT2D eigenvalue weighted by molar-refractivity contribution is 5.79. The Hall–Kier alpha value is -0.740. The van der Waals surface area contributed by atoms with Crippen LogP contribution in [0.1, 0.15) is 32.6 Å². The summed E-state index contributed by atoms with van der Waals surface area (Å²) in [6.45, 7) is 2.25. The molecule has 0 amide bonds. The fourth-order valence-corrected chi connectivity index (χ4v) is 0.772. The lowest BCUT2D eigenvalue weighted by Crippen LogP contribution is -2.10. The Morgan fingerprint density at radius 2 is 1.92 bits per heavy atom. The van der Waals surface area contributed by atoms with Crippen molar-refractivity contribution < 1.29 is 13.2 Å². The standard InChI is InChI=1S/C8H15F3N2/c1-2-7(12)13-6-4-3-5-8(9,10)11/h2-6H2,1H3,(H2,12,13). The summed E-state index contributed by atoms with van der Waals surface area (Å²) in [6.07, 6.45) is -3.54. The number of alkyl halides is 3. The van der Waals surface area contributed by atoms with Crippen molar-refractivity contribution in [2.75, 3.05) is 6.54 Å². The molecular weight excluding hydrogens is 181 g/mol. The smallest absolute Gasteiger partial charge is 0.387 e. The van der Waals surface area contributed by atoms with Gasteiger partial charge in [-0.25, -0.2) is 0 Å². The summed E-state index contributed by atoms with van der Waals surface area (Å²) in [5.74, 6) is 0.506. The molecule has 0 aliphatic rings. The van der Waals surface area contributed by atoms with Gasteiger partial charge in [-0.1, -0.05) is 6.92 Å². The predicted molar refractivity (Wildman–Crippen MR) is 46.7 cm³/mol. The van der Waals surface area contributed by atoms with Crippen LogP contribution in [-0.4, -0.2) is 18.6 Å². The van der Waals surface area contributed by atoms with Crippen LogP contribution in [0.2, 0.25) is 0 Å². The van der Waals surface area contributed by atoms with Crippen LogP contribution in [0.4, 0.5) is 13.2 Å². The van der Waals surface area contributed by atoms with E-state index in [4.69, 9.17) is 5.73 Å². The highest BCUT2D eigenvalue weighted by atomic mass is 19.4. The molecule has 2 N–H and O–H groups in total. The third kappa shape index (κ3) is 9.17. The molecule has 0 spiro atoms. The van der Waals surface area contributed by atoms with E-state index in [1.165, 1.54) is 0 Å². The van der Waals surface area contributed by atoms with E-state index < -0.39 is 12.6 Å². The number of nitrogens with zero attached hydrogens (tertiary/aromatic N) is 1. The van der Waals surface area contributed by atoms with Crippen molar-refractivity contribution in [2.45, 2.75) is 38.8 Å². The number of nitrogens with two attached hydrogens (primary N) is 1. The Kier molecular flexibility index (Phi) is 5.50. The quantitative estimate of drug-likeness (QED) is 0.409. The van der Waals surface area contributed by atoms with Gasteiger partial charge in [0.2, 0.25) is 0 Å². The monoisotopic (exact) mass is 196 g/mol. The fourth-order valence-electron chi connectivity index (χ4n) is 0.772. The van der Waals surface area contributed by atoms with E-state index in [2.05, 4.69) is 4.99 Å². The lowest BCUT2D eigenvalue weighted by molar-refractivity contribution is -0.135. The average Bonchev–Trinajstić information content (AvgIpc) is 2.01. The molecule has 0 radical (unpaired) electrons. The Balaban J connectivity index is 3.37. The molecule has 0 fully saturated rings. The van der Waals surface area contributed by atoms with Crippen molar-refractivity contribution in [1.82, 2.24) is 0 Å². The highest BCUT2D eigenvalue weighted by Crippen LogP contribution is 2.21. The maximum atomic E-state index is 11.6. The topological polar surface area (TPSA) is 38.4 Å². The maximum Gasteiger partial charge on any atom is 0.389 e. The predicted octanol–water partition coefficient (Wildman–Crippen LogP) is 2.49. The summed E-state index contributed by atoms with van der Waals surface area (Å²) >= 11 is 0. The summed E-state index contributed by atoms with van der Waals surface area (Å²) < 4.78 is 34.9. The lowest BCUT2D eigenvalue weighted by atomic mass is 10.2. The van der Waals surface area contributed by atoms with E-state index in [0.717, 1.165) is 0 Å². The van der Waals surface area contributed by atoms with Gasteiger partial charge in [0, 0.05) is 19.4 Å². The Morgan fingerprint density at radius 3 is 2.38 bits per heavy atom. The lowest BCUT2D eigenvalue weighted by Gasteiger charge is -2.04. The van der Waals surface area contributed by atoms with Crippen molar-refractivity contribution in [2.24, 2.45) is 10.7 Å². The summed E-state index contributed by atoms with van der Waals surface area (Å²) in [5.41, 5.74) is 5.37. The molecule has 5 heteroatoms. The van der Waals surface area contributed by atoms with E-state index in [9.17, 15) is 13.2 Å². The van der Waals surface area contributed by atoms with Gasteiger partial charge in [-0.15, -0.1) is 0 Å². The Bertz CT molecular complexity index is 163. The van der Waals surface area contributed by atoms with Crippen molar-refractivity contribution >= 4 is 5.84 Å². The molecule has 0 bridgehead atoms. The first-order valence-corrected chi connectivity index (χ1v) is 4.31. The molecule has 2 nitrogen and oxygen atoms in total. The van der Waals surface area contributed by atoms with Crippen LogP contribution in [0.15, 0.2) is 4.99 Å². The number of halogens is 3. The molecule has 0 aliphatic heterocycles. The molecule has 0 saturated heterocycles. The van der Waals surface area contributed by atoms with Gasteiger partial charge in [0.15, 0.2) is 0 Å². The van der Waals surface area contributed by atoms with Crippen LogP contribution in [0, 0.1) is 0 Å². The van der Waals surface area contributed by atoms with E-state index in [1.807, 2.05) is 6.92 Å². The minimum absolute atomic E-state index is 0.129. The summed E-state index contributed by atoms with van der Waals surface area (Å²) in [7, 11) is 0. The van der Waals surface area contributed by atoms with Gasteiger partial charge >= 0.3 is 6.18 Å². The van der Waals surface area contributed by atoms with Crippen LogP contribution in [0.3, 0.4) is 0 Å². The number of hydrogen-bond donors (Lipinski definition) is 1. The second-order valence-corrected chi connectivity index (χ2v) is 2.80. The minimum Gasteiger partial charge on any atom is -0.387 e. The van der Waals surface area contributed by atoms with E-state index >= 15 is 0 Å². The SMILES string of the molecule is CCC(N)=NCCCCC(F)(F)F. The van der Waals surface area contributed by atoms with Gasteiger partial charge in [0.25, 0.3) is 0 Å². The zero-order valence-corrected chi connectivity index (χ0v) is 7.69. The second-order valence-electron chi connectivity index (χ2n) is 2.80. The molecule has 0 aromatic rings. The summed E-state index contributed by atoms with van der Waals surface area (Å²) in [4.78, 5) is 3.89. The van der Waals surface area contributed by atoms with Gasteiger partial charge < -0.3 is 5.73 Å². The normalized spacial score (nSPS) is 13.4. The number of unbranched alkanes of at least 4 members (excludes halogenated alkanes) is 1. The van der Waals surface area contributed by atoms with Gasteiger partial charge in [0.05, 0.1) is 5.84 Å². The molecule has 0 unspecified atom stereocenters. The molecule has 0 aromatic carbocycles. The Labute approximate surface area is 76.0 Å². The van der Waals surface area contributed by atoms with Gasteiger partial charge in [-0.2, -0.15) is 13.2 Å². The van der Waals surface area contributed by atoms with Crippen LogP contribution in [0.25, 0.3) is 0 Å². The number of rotatable bonds is 5. The molecular formula is C8H15F3N2. The van der Waals surface area contributed by atoms with Crippen molar-refractivity contribution in [3.8, 4) is 0 Å². The summed E-state index contributed by atoms with van der Waals surface area (Å²) in [5, 5.41) is 0. The minimum atomic E-state index is -4.04. The zero-order valence-electron chi connectivity index (χ0n) is 7.69. The number of hydrogen-bond acceptors (Lipinski definition) is 1. The molecule has 0 heterocycles. The van der Waals surface area contributed by atoms with Gasteiger partial charge in [-0.05, 0) is 12.8 Å². The van der Waals surface area contributed by atoms with Gasteiger partial charge in [-0.3, -0.25) is 4.99 Å². The molecule has 78 valence electrons. The van der Waals surface area contributed by atoms with Crippen LogP contribution in [-0.2, 0) is 0 Å².